The number of anilines is 1. The zero-order valence-electron chi connectivity index (χ0n) is 21.1. The van der Waals surface area contributed by atoms with E-state index in [1.165, 1.54) is 6.07 Å². The smallest absolute Gasteiger partial charge is 0.410 e. The molecule has 1 aromatic carbocycles. The van der Waals surface area contributed by atoms with Gasteiger partial charge in [0.25, 0.3) is 0 Å². The Balaban J connectivity index is 1.41. The van der Waals surface area contributed by atoms with Crippen molar-refractivity contribution in [2.75, 3.05) is 25.0 Å². The van der Waals surface area contributed by atoms with Crippen LogP contribution in [0.1, 0.15) is 49.5 Å². The van der Waals surface area contributed by atoms with E-state index in [-0.39, 0.29) is 23.4 Å². The monoisotopic (exact) mass is 498 g/mol. The molecule has 0 aromatic heterocycles. The Morgan fingerprint density at radius 2 is 1.94 bits per heavy atom. The number of amides is 4. The summed E-state index contributed by atoms with van der Waals surface area (Å²) in [6.45, 7) is 8.26. The molecule has 4 amide bonds. The van der Waals surface area contributed by atoms with Crippen LogP contribution in [0.15, 0.2) is 42.0 Å². The van der Waals surface area contributed by atoms with Crippen molar-refractivity contribution >= 4 is 29.7 Å². The van der Waals surface area contributed by atoms with Gasteiger partial charge in [0.15, 0.2) is 0 Å². The van der Waals surface area contributed by atoms with Crippen molar-refractivity contribution in [3.8, 4) is 0 Å². The van der Waals surface area contributed by atoms with Gasteiger partial charge in [0, 0.05) is 25.3 Å². The summed E-state index contributed by atoms with van der Waals surface area (Å²) in [5.41, 5.74) is 1.40. The highest BCUT2D eigenvalue weighted by molar-refractivity contribution is 5.95. The fourth-order valence-electron chi connectivity index (χ4n) is 4.03. The number of carbonyl (C=O) groups is 4. The van der Waals surface area contributed by atoms with Gasteiger partial charge in [0.05, 0.1) is 17.5 Å². The van der Waals surface area contributed by atoms with Gasteiger partial charge in [-0.1, -0.05) is 24.3 Å². The number of nitrogens with zero attached hydrogens (tertiary/aromatic N) is 1. The van der Waals surface area contributed by atoms with Gasteiger partial charge in [0.1, 0.15) is 5.60 Å². The van der Waals surface area contributed by atoms with E-state index in [9.17, 15) is 24.3 Å². The Labute approximate surface area is 210 Å². The first-order chi connectivity index (χ1) is 16.9. The number of benzene rings is 1. The topological polar surface area (TPSA) is 137 Å². The molecule has 1 aliphatic heterocycles. The zero-order valence-corrected chi connectivity index (χ0v) is 21.1. The number of ether oxygens (including phenoxy) is 1. The third kappa shape index (κ3) is 7.34. The van der Waals surface area contributed by atoms with E-state index in [0.717, 1.165) is 5.57 Å². The Morgan fingerprint density at radius 3 is 2.58 bits per heavy atom. The van der Waals surface area contributed by atoms with Crippen LogP contribution in [0.2, 0.25) is 0 Å². The number of carboxylic acid groups (broad SMARTS) is 1. The quantitative estimate of drug-likeness (QED) is 0.474. The highest BCUT2D eigenvalue weighted by Gasteiger charge is 2.33. The maximum absolute atomic E-state index is 12.6. The molecule has 10 nitrogen and oxygen atoms in total. The lowest BCUT2D eigenvalue weighted by atomic mass is 10.0. The average Bonchev–Trinajstić information content (AvgIpc) is 3.29. The number of nitrogens with one attached hydrogen (secondary N) is 3. The Bertz CT molecular complexity index is 1090. The Kier molecular flexibility index (Phi) is 8.39. The molecule has 2 aliphatic rings. The number of likely N-dealkylation sites (tertiary alicyclic amines) is 1. The Hall–Kier alpha value is -3.82. The molecule has 1 saturated heterocycles. The molecule has 0 radical (unpaired) electrons. The molecule has 3 rings (SSSR count). The molecule has 0 spiro atoms. The largest absolute Gasteiger partial charge is 0.478 e. The molecule has 1 heterocycles. The van der Waals surface area contributed by atoms with E-state index in [2.05, 4.69) is 16.0 Å². The number of aromatic carboxylic acids is 1. The van der Waals surface area contributed by atoms with Gasteiger partial charge in [-0.15, -0.1) is 0 Å². The SMILES string of the molecule is Cc1c(NC(=O)NC2C=CC(CNC(=O)[C@H]3CCN(C(=O)OC(C)(C)C)C3)=CC2)cccc1C(=O)O. The van der Waals surface area contributed by atoms with Gasteiger partial charge < -0.3 is 30.7 Å². The highest BCUT2D eigenvalue weighted by atomic mass is 16.6. The summed E-state index contributed by atoms with van der Waals surface area (Å²) in [6.07, 6.45) is 6.40. The van der Waals surface area contributed by atoms with Crippen LogP contribution in [0.5, 0.6) is 0 Å². The van der Waals surface area contributed by atoms with Crippen molar-refractivity contribution < 1.29 is 29.0 Å². The van der Waals surface area contributed by atoms with E-state index in [1.54, 1.807) is 24.0 Å². The lowest BCUT2D eigenvalue weighted by Crippen LogP contribution is -2.38. The van der Waals surface area contributed by atoms with Crippen LogP contribution in [0.4, 0.5) is 15.3 Å². The van der Waals surface area contributed by atoms with Crippen molar-refractivity contribution in [1.29, 1.82) is 0 Å². The lowest BCUT2D eigenvalue weighted by Gasteiger charge is -2.24. The van der Waals surface area contributed by atoms with Crippen molar-refractivity contribution in [1.82, 2.24) is 15.5 Å². The maximum atomic E-state index is 12.6. The molecule has 10 heteroatoms. The van der Waals surface area contributed by atoms with Crippen LogP contribution in [0, 0.1) is 12.8 Å². The molecule has 0 saturated carbocycles. The van der Waals surface area contributed by atoms with Crippen molar-refractivity contribution in [3.05, 3.63) is 53.1 Å². The number of hydrogen-bond donors (Lipinski definition) is 4. The van der Waals surface area contributed by atoms with Crippen LogP contribution in [0.3, 0.4) is 0 Å². The minimum atomic E-state index is -1.05. The van der Waals surface area contributed by atoms with Crippen LogP contribution in [0.25, 0.3) is 0 Å². The molecule has 1 fully saturated rings. The van der Waals surface area contributed by atoms with Gasteiger partial charge >= 0.3 is 18.1 Å². The van der Waals surface area contributed by atoms with Crippen LogP contribution >= 0.6 is 0 Å². The normalized spacial score (nSPS) is 19.3. The molecule has 1 aromatic rings. The maximum Gasteiger partial charge on any atom is 0.410 e. The van der Waals surface area contributed by atoms with Crippen molar-refractivity contribution in [2.24, 2.45) is 5.92 Å². The van der Waals surface area contributed by atoms with Gasteiger partial charge in [-0.25, -0.2) is 14.4 Å². The number of carbonyl (C=O) groups excluding carboxylic acids is 3. The second-order valence-corrected chi connectivity index (χ2v) is 9.99. The summed E-state index contributed by atoms with van der Waals surface area (Å²) in [5.74, 6) is -1.43. The average molecular weight is 499 g/mol. The molecule has 4 N–H and O–H groups in total. The first kappa shape index (κ1) is 26.8. The molecule has 36 heavy (non-hydrogen) atoms. The summed E-state index contributed by atoms with van der Waals surface area (Å²) < 4.78 is 5.38. The fourth-order valence-corrected chi connectivity index (χ4v) is 4.03. The number of urea groups is 1. The predicted octanol–water partition coefficient (Wildman–Crippen LogP) is 3.44. The first-order valence-electron chi connectivity index (χ1n) is 12.0. The summed E-state index contributed by atoms with van der Waals surface area (Å²) in [7, 11) is 0. The summed E-state index contributed by atoms with van der Waals surface area (Å²) >= 11 is 0. The van der Waals surface area contributed by atoms with Gasteiger partial charge in [0.2, 0.25) is 5.91 Å². The van der Waals surface area contributed by atoms with Crippen LogP contribution in [-0.2, 0) is 9.53 Å². The van der Waals surface area contributed by atoms with Crippen molar-refractivity contribution in [2.45, 2.75) is 52.2 Å². The van der Waals surface area contributed by atoms with Gasteiger partial charge in [-0.3, -0.25) is 4.79 Å². The molecule has 194 valence electrons. The number of rotatable bonds is 6. The van der Waals surface area contributed by atoms with Crippen molar-refractivity contribution in [3.63, 3.8) is 0 Å². The lowest BCUT2D eigenvalue weighted by molar-refractivity contribution is -0.124. The van der Waals surface area contributed by atoms with E-state index in [4.69, 9.17) is 4.74 Å². The third-order valence-electron chi connectivity index (χ3n) is 5.98. The molecule has 0 bridgehead atoms. The molecular weight excluding hydrogens is 464 g/mol. The summed E-state index contributed by atoms with van der Waals surface area (Å²) in [4.78, 5) is 50.0. The predicted molar refractivity (Wildman–Crippen MR) is 135 cm³/mol. The molecule has 2 atom stereocenters. The third-order valence-corrected chi connectivity index (χ3v) is 5.98. The summed E-state index contributed by atoms with van der Waals surface area (Å²) in [5, 5.41) is 17.7. The second-order valence-electron chi connectivity index (χ2n) is 9.99. The highest BCUT2D eigenvalue weighted by Crippen LogP contribution is 2.21. The molecule has 1 aliphatic carbocycles. The molecule has 1 unspecified atom stereocenters. The van der Waals surface area contributed by atoms with Gasteiger partial charge in [-0.2, -0.15) is 0 Å². The second kappa shape index (κ2) is 11.3. The standard InChI is InChI=1S/C26H34N4O6/c1-16-20(23(32)33)6-5-7-21(16)29-24(34)28-19-10-8-17(9-11-19)14-27-22(31)18-12-13-30(15-18)25(35)36-26(2,3)4/h5-10,18-19H,11-15H2,1-4H3,(H,27,31)(H,32,33)(H2,28,29,34)/t18-,19?/m0/s1. The van der Waals surface area contributed by atoms with Crippen LogP contribution in [-0.4, -0.2) is 65.3 Å². The number of carboxylic acids is 1. The summed E-state index contributed by atoms with van der Waals surface area (Å²) in [6, 6.07) is 4.05. The van der Waals surface area contributed by atoms with E-state index >= 15 is 0 Å². The molecular formula is C26H34N4O6. The van der Waals surface area contributed by atoms with Gasteiger partial charge in [-0.05, 0) is 63.8 Å². The minimum Gasteiger partial charge on any atom is -0.478 e. The fraction of sp³-hybridized carbons (Fsp3) is 0.462. The number of hydrogen-bond acceptors (Lipinski definition) is 5. The van der Waals surface area contributed by atoms with Crippen LogP contribution < -0.4 is 16.0 Å². The minimum absolute atomic E-state index is 0.103. The van der Waals surface area contributed by atoms with E-state index in [1.807, 2.05) is 39.0 Å². The van der Waals surface area contributed by atoms with E-state index < -0.39 is 23.7 Å². The Morgan fingerprint density at radius 1 is 1.19 bits per heavy atom. The van der Waals surface area contributed by atoms with E-state index in [0.29, 0.717) is 43.7 Å². The zero-order chi connectivity index (χ0) is 26.5. The first-order valence-corrected chi connectivity index (χ1v) is 12.0.